The Bertz CT molecular complexity index is 228. The summed E-state index contributed by atoms with van der Waals surface area (Å²) in [7, 11) is 0. The van der Waals surface area contributed by atoms with E-state index in [1.54, 1.807) is 0 Å². The third-order valence-corrected chi connectivity index (χ3v) is 3.72. The van der Waals surface area contributed by atoms with Gasteiger partial charge in [-0.1, -0.05) is 19.3 Å². The van der Waals surface area contributed by atoms with Crippen LogP contribution in [0.3, 0.4) is 0 Å². The summed E-state index contributed by atoms with van der Waals surface area (Å²) in [4.78, 5) is 10.8. The van der Waals surface area contributed by atoms with Gasteiger partial charge in [0.1, 0.15) is 5.54 Å². The summed E-state index contributed by atoms with van der Waals surface area (Å²) in [6.07, 6.45) is 7.63. The number of hydrogen-bond acceptors (Lipinski definition) is 2. The molecule has 0 heterocycles. The second-order valence-electron chi connectivity index (χ2n) is 4.88. The van der Waals surface area contributed by atoms with Gasteiger partial charge in [0.15, 0.2) is 0 Å². The fourth-order valence-electron chi connectivity index (χ4n) is 3.09. The Morgan fingerprint density at radius 2 is 1.64 bits per heavy atom. The second-order valence-corrected chi connectivity index (χ2v) is 4.88. The molecule has 0 aromatic carbocycles. The van der Waals surface area contributed by atoms with E-state index in [1.165, 1.54) is 32.1 Å². The molecule has 3 N–H and O–H groups in total. The van der Waals surface area contributed by atoms with Crippen molar-refractivity contribution in [3.05, 3.63) is 0 Å². The topological polar surface area (TPSA) is 63.3 Å². The lowest BCUT2D eigenvalue weighted by Crippen LogP contribution is -2.63. The lowest BCUT2D eigenvalue weighted by molar-refractivity contribution is -0.155. The first kappa shape index (κ1) is 11.8. The molecular formula is C10H18ClNO2. The van der Waals surface area contributed by atoms with Crippen LogP contribution < -0.4 is 5.73 Å². The highest BCUT2D eigenvalue weighted by atomic mass is 35.5. The van der Waals surface area contributed by atoms with Gasteiger partial charge in [-0.25, -0.2) is 0 Å². The Morgan fingerprint density at radius 1 is 1.14 bits per heavy atom. The summed E-state index contributed by atoms with van der Waals surface area (Å²) in [5.41, 5.74) is 5.17. The SMILES string of the molecule is Cl.NC1(C(=O)O)CC2(CCCCC2)C1. The molecule has 0 aromatic heterocycles. The van der Waals surface area contributed by atoms with Gasteiger partial charge in [-0.3, -0.25) is 4.79 Å². The molecule has 0 amide bonds. The van der Waals surface area contributed by atoms with E-state index in [9.17, 15) is 4.79 Å². The average molecular weight is 220 g/mol. The summed E-state index contributed by atoms with van der Waals surface area (Å²) in [6, 6.07) is 0. The molecule has 0 bridgehead atoms. The van der Waals surface area contributed by atoms with Crippen molar-refractivity contribution in [2.45, 2.75) is 50.5 Å². The van der Waals surface area contributed by atoms with Crippen molar-refractivity contribution in [3.63, 3.8) is 0 Å². The number of halogens is 1. The maximum Gasteiger partial charge on any atom is 0.323 e. The van der Waals surface area contributed by atoms with E-state index >= 15 is 0 Å². The number of hydrogen-bond donors (Lipinski definition) is 2. The van der Waals surface area contributed by atoms with Crippen molar-refractivity contribution >= 4 is 18.4 Å². The first-order chi connectivity index (χ1) is 6.06. The largest absolute Gasteiger partial charge is 0.480 e. The smallest absolute Gasteiger partial charge is 0.323 e. The van der Waals surface area contributed by atoms with E-state index < -0.39 is 11.5 Å². The van der Waals surface area contributed by atoms with Gasteiger partial charge in [0.25, 0.3) is 0 Å². The molecule has 0 saturated heterocycles. The lowest BCUT2D eigenvalue weighted by Gasteiger charge is -2.54. The fourth-order valence-corrected chi connectivity index (χ4v) is 3.09. The van der Waals surface area contributed by atoms with Crippen LogP contribution in [-0.2, 0) is 4.79 Å². The molecule has 0 radical (unpaired) electrons. The van der Waals surface area contributed by atoms with E-state index in [4.69, 9.17) is 10.8 Å². The molecule has 0 aliphatic heterocycles. The van der Waals surface area contributed by atoms with E-state index in [2.05, 4.69) is 0 Å². The number of nitrogens with two attached hydrogens (primary N) is 1. The average Bonchev–Trinajstić information content (AvgIpc) is 2.03. The molecule has 2 rings (SSSR count). The van der Waals surface area contributed by atoms with Gasteiger partial charge in [0, 0.05) is 0 Å². The highest BCUT2D eigenvalue weighted by Crippen LogP contribution is 2.55. The molecule has 2 saturated carbocycles. The Hall–Kier alpha value is -0.280. The molecule has 2 aliphatic carbocycles. The first-order valence-corrected chi connectivity index (χ1v) is 5.09. The zero-order chi connectivity index (χ0) is 9.53. The van der Waals surface area contributed by atoms with Crippen LogP contribution in [-0.4, -0.2) is 16.6 Å². The molecule has 2 fully saturated rings. The summed E-state index contributed by atoms with van der Waals surface area (Å²) >= 11 is 0. The van der Waals surface area contributed by atoms with Crippen LogP contribution in [0.1, 0.15) is 44.9 Å². The van der Waals surface area contributed by atoms with E-state index in [0.29, 0.717) is 18.3 Å². The Morgan fingerprint density at radius 3 is 2.07 bits per heavy atom. The van der Waals surface area contributed by atoms with Crippen LogP contribution in [0.15, 0.2) is 0 Å². The minimum atomic E-state index is -0.892. The van der Waals surface area contributed by atoms with Gasteiger partial charge in [-0.05, 0) is 31.1 Å². The van der Waals surface area contributed by atoms with Crippen molar-refractivity contribution in [3.8, 4) is 0 Å². The predicted molar refractivity (Wildman–Crippen MR) is 56.6 cm³/mol. The Labute approximate surface area is 90.5 Å². The van der Waals surface area contributed by atoms with Crippen molar-refractivity contribution in [2.24, 2.45) is 11.1 Å². The molecule has 82 valence electrons. The predicted octanol–water partition coefficient (Wildman–Crippen LogP) is 1.93. The maximum absolute atomic E-state index is 10.8. The number of carbonyl (C=O) groups is 1. The summed E-state index contributed by atoms with van der Waals surface area (Å²) in [5, 5.41) is 8.88. The van der Waals surface area contributed by atoms with Gasteiger partial charge in [-0.15, -0.1) is 12.4 Å². The zero-order valence-corrected chi connectivity index (χ0v) is 9.11. The number of aliphatic carboxylic acids is 1. The minimum Gasteiger partial charge on any atom is -0.480 e. The van der Waals surface area contributed by atoms with Gasteiger partial charge in [0.05, 0.1) is 0 Å². The summed E-state index contributed by atoms with van der Waals surface area (Å²) < 4.78 is 0. The molecular weight excluding hydrogens is 202 g/mol. The van der Waals surface area contributed by atoms with Gasteiger partial charge >= 0.3 is 5.97 Å². The molecule has 2 aliphatic rings. The third-order valence-electron chi connectivity index (χ3n) is 3.72. The molecule has 3 nitrogen and oxygen atoms in total. The Kier molecular flexibility index (Phi) is 3.12. The van der Waals surface area contributed by atoms with Crippen molar-refractivity contribution in [1.82, 2.24) is 0 Å². The standard InChI is InChI=1S/C10H17NO2.ClH/c11-10(8(12)13)6-9(7-10)4-2-1-3-5-9;/h1-7,11H2,(H,12,13);1H. The minimum absolute atomic E-state index is 0. The Balaban J connectivity index is 0.000000980. The molecule has 4 heteroatoms. The highest BCUT2D eigenvalue weighted by Gasteiger charge is 2.56. The fraction of sp³-hybridized carbons (Fsp3) is 0.900. The van der Waals surface area contributed by atoms with Crippen LogP contribution in [0.4, 0.5) is 0 Å². The number of carboxylic acid groups (broad SMARTS) is 1. The van der Waals surface area contributed by atoms with E-state index in [-0.39, 0.29) is 12.4 Å². The van der Waals surface area contributed by atoms with Crippen molar-refractivity contribution in [1.29, 1.82) is 0 Å². The number of carboxylic acids is 1. The number of rotatable bonds is 1. The van der Waals surface area contributed by atoms with Crippen LogP contribution in [0.25, 0.3) is 0 Å². The second kappa shape index (κ2) is 3.70. The normalized spacial score (nSPS) is 27.5. The molecule has 0 aromatic rings. The lowest BCUT2D eigenvalue weighted by atomic mass is 9.52. The van der Waals surface area contributed by atoms with Crippen LogP contribution in [0.5, 0.6) is 0 Å². The quantitative estimate of drug-likeness (QED) is 0.709. The van der Waals surface area contributed by atoms with Gasteiger partial charge < -0.3 is 10.8 Å². The van der Waals surface area contributed by atoms with Gasteiger partial charge in [0.2, 0.25) is 0 Å². The zero-order valence-electron chi connectivity index (χ0n) is 8.29. The molecule has 0 atom stereocenters. The van der Waals surface area contributed by atoms with E-state index in [1.807, 2.05) is 0 Å². The van der Waals surface area contributed by atoms with Crippen molar-refractivity contribution < 1.29 is 9.90 Å². The van der Waals surface area contributed by atoms with Crippen LogP contribution >= 0.6 is 12.4 Å². The monoisotopic (exact) mass is 219 g/mol. The van der Waals surface area contributed by atoms with Crippen LogP contribution in [0.2, 0.25) is 0 Å². The summed E-state index contributed by atoms with van der Waals surface area (Å²) in [6.45, 7) is 0. The molecule has 14 heavy (non-hydrogen) atoms. The molecule has 1 spiro atoms. The third kappa shape index (κ3) is 1.75. The maximum atomic E-state index is 10.8. The highest BCUT2D eigenvalue weighted by molar-refractivity contribution is 5.85. The van der Waals surface area contributed by atoms with Gasteiger partial charge in [-0.2, -0.15) is 0 Å². The molecule has 0 unspecified atom stereocenters. The van der Waals surface area contributed by atoms with E-state index in [0.717, 1.165) is 0 Å². The van der Waals surface area contributed by atoms with Crippen LogP contribution in [0, 0.1) is 5.41 Å². The summed E-state index contributed by atoms with van der Waals surface area (Å²) in [5.74, 6) is -0.816. The van der Waals surface area contributed by atoms with Crippen molar-refractivity contribution in [2.75, 3.05) is 0 Å². The first-order valence-electron chi connectivity index (χ1n) is 5.09.